The highest BCUT2D eigenvalue weighted by atomic mass is 16.2. The third-order valence-corrected chi connectivity index (χ3v) is 3.51. The Labute approximate surface area is 113 Å². The number of hydrogen-bond donors (Lipinski definition) is 2. The molecule has 2 rings (SSSR count). The minimum Gasteiger partial charge on any atom is -0.336 e. The van der Waals surface area contributed by atoms with Crippen LogP contribution in [0.5, 0.6) is 0 Å². The van der Waals surface area contributed by atoms with Crippen LogP contribution >= 0.6 is 0 Å². The Hall–Kier alpha value is -1.66. The molecule has 0 radical (unpaired) electrons. The van der Waals surface area contributed by atoms with Crippen LogP contribution < -0.4 is 11.3 Å². The summed E-state index contributed by atoms with van der Waals surface area (Å²) in [6, 6.07) is 4.02. The van der Waals surface area contributed by atoms with E-state index in [4.69, 9.17) is 5.84 Å². The molecule has 1 aromatic heterocycles. The van der Waals surface area contributed by atoms with Crippen LogP contribution in [0.3, 0.4) is 0 Å². The molecule has 0 aromatic carbocycles. The molecule has 1 fully saturated rings. The maximum absolute atomic E-state index is 12.4. The van der Waals surface area contributed by atoms with E-state index >= 15 is 0 Å². The second-order valence-corrected chi connectivity index (χ2v) is 4.97. The summed E-state index contributed by atoms with van der Waals surface area (Å²) >= 11 is 0. The number of carbonyl (C=O) groups excluding carboxylic acids is 1. The van der Waals surface area contributed by atoms with Gasteiger partial charge in [-0.2, -0.15) is 0 Å². The molecule has 1 aliphatic heterocycles. The van der Waals surface area contributed by atoms with Crippen LogP contribution in [0, 0.1) is 0 Å². The largest absolute Gasteiger partial charge is 0.336 e. The van der Waals surface area contributed by atoms with Gasteiger partial charge < -0.3 is 10.3 Å². The van der Waals surface area contributed by atoms with Crippen LogP contribution in [0.25, 0.3) is 0 Å². The average molecular weight is 263 g/mol. The van der Waals surface area contributed by atoms with E-state index in [-0.39, 0.29) is 5.91 Å². The van der Waals surface area contributed by atoms with Gasteiger partial charge in [-0.3, -0.25) is 9.69 Å². The maximum atomic E-state index is 12.4. The molecular formula is C13H21N5O. The molecule has 6 heteroatoms. The first-order valence-electron chi connectivity index (χ1n) is 6.58. The number of piperazine rings is 1. The Bertz CT molecular complexity index is 440. The molecule has 0 aliphatic carbocycles. The molecule has 1 saturated heterocycles. The first kappa shape index (κ1) is 13.8. The van der Waals surface area contributed by atoms with E-state index in [9.17, 15) is 4.79 Å². The lowest BCUT2D eigenvalue weighted by atomic mass is 10.2. The van der Waals surface area contributed by atoms with Crippen LogP contribution in [0.1, 0.15) is 24.2 Å². The van der Waals surface area contributed by atoms with Crippen LogP contribution in [0.2, 0.25) is 0 Å². The van der Waals surface area contributed by atoms with Gasteiger partial charge in [0.05, 0.1) is 5.56 Å². The highest BCUT2D eigenvalue weighted by Gasteiger charge is 2.24. The van der Waals surface area contributed by atoms with Crippen LogP contribution in [-0.4, -0.2) is 52.9 Å². The first-order valence-corrected chi connectivity index (χ1v) is 6.58. The van der Waals surface area contributed by atoms with E-state index in [0.29, 0.717) is 17.4 Å². The van der Waals surface area contributed by atoms with Gasteiger partial charge in [0.1, 0.15) is 0 Å². The summed E-state index contributed by atoms with van der Waals surface area (Å²) in [5, 5.41) is 0. The molecule has 1 amide bonds. The van der Waals surface area contributed by atoms with Crippen LogP contribution in [-0.2, 0) is 0 Å². The topological polar surface area (TPSA) is 74.5 Å². The Balaban J connectivity index is 2.05. The number of carbonyl (C=O) groups is 1. The Morgan fingerprint density at radius 3 is 2.63 bits per heavy atom. The number of rotatable bonds is 3. The van der Waals surface area contributed by atoms with E-state index in [1.807, 2.05) is 4.90 Å². The zero-order valence-corrected chi connectivity index (χ0v) is 11.5. The number of nitrogen functional groups attached to an aromatic ring is 1. The number of aromatic nitrogens is 1. The zero-order valence-electron chi connectivity index (χ0n) is 11.5. The molecule has 19 heavy (non-hydrogen) atoms. The monoisotopic (exact) mass is 263 g/mol. The van der Waals surface area contributed by atoms with E-state index in [1.165, 1.54) is 0 Å². The fraction of sp³-hybridized carbons (Fsp3) is 0.538. The minimum atomic E-state index is -0.00976. The summed E-state index contributed by atoms with van der Waals surface area (Å²) in [4.78, 5) is 20.7. The second kappa shape index (κ2) is 5.99. The predicted molar refractivity (Wildman–Crippen MR) is 74.7 cm³/mol. The number of hydrogen-bond acceptors (Lipinski definition) is 5. The van der Waals surface area contributed by atoms with Crippen molar-refractivity contribution in [3.05, 3.63) is 23.9 Å². The molecule has 0 bridgehead atoms. The lowest BCUT2D eigenvalue weighted by molar-refractivity contribution is 0.0596. The van der Waals surface area contributed by atoms with Gasteiger partial charge in [0.15, 0.2) is 5.82 Å². The maximum Gasteiger partial charge on any atom is 0.257 e. The second-order valence-electron chi connectivity index (χ2n) is 4.97. The summed E-state index contributed by atoms with van der Waals surface area (Å²) < 4.78 is 0. The van der Waals surface area contributed by atoms with E-state index in [1.54, 1.807) is 18.3 Å². The molecule has 0 unspecified atom stereocenters. The van der Waals surface area contributed by atoms with Crippen molar-refractivity contribution in [1.29, 1.82) is 0 Å². The molecule has 2 heterocycles. The normalized spacial score (nSPS) is 16.7. The van der Waals surface area contributed by atoms with Crippen molar-refractivity contribution in [2.75, 3.05) is 31.6 Å². The Kier molecular flexibility index (Phi) is 4.34. The lowest BCUT2D eigenvalue weighted by Gasteiger charge is -2.37. The SMILES string of the molecule is CC(C)N1CCN(C(=O)c2cccnc2NN)CC1. The summed E-state index contributed by atoms with van der Waals surface area (Å²) in [6.07, 6.45) is 1.61. The number of nitrogens with two attached hydrogens (primary N) is 1. The number of pyridine rings is 1. The van der Waals surface area contributed by atoms with Gasteiger partial charge >= 0.3 is 0 Å². The number of nitrogens with one attached hydrogen (secondary N) is 1. The van der Waals surface area contributed by atoms with E-state index < -0.39 is 0 Å². The smallest absolute Gasteiger partial charge is 0.257 e. The number of nitrogens with zero attached hydrogens (tertiary/aromatic N) is 3. The van der Waals surface area contributed by atoms with Crippen LogP contribution in [0.15, 0.2) is 18.3 Å². The standard InChI is InChI=1S/C13H21N5O/c1-10(2)17-6-8-18(9-7-17)13(19)11-4-3-5-15-12(11)16-14/h3-5,10H,6-9,14H2,1-2H3,(H,15,16). The van der Waals surface area contributed by atoms with E-state index in [0.717, 1.165) is 26.2 Å². The molecule has 0 saturated carbocycles. The minimum absolute atomic E-state index is 0.00976. The van der Waals surface area contributed by atoms with Crippen molar-refractivity contribution in [3.63, 3.8) is 0 Å². The molecule has 0 spiro atoms. The summed E-state index contributed by atoms with van der Waals surface area (Å²) in [5.74, 6) is 5.81. The molecule has 6 nitrogen and oxygen atoms in total. The van der Waals surface area contributed by atoms with Gasteiger partial charge in [-0.05, 0) is 26.0 Å². The third-order valence-electron chi connectivity index (χ3n) is 3.51. The first-order chi connectivity index (χ1) is 9.13. The molecular weight excluding hydrogens is 242 g/mol. The highest BCUT2D eigenvalue weighted by Crippen LogP contribution is 2.15. The summed E-state index contributed by atoms with van der Waals surface area (Å²) in [6.45, 7) is 7.67. The van der Waals surface area contributed by atoms with Crippen molar-refractivity contribution in [2.45, 2.75) is 19.9 Å². The predicted octanol–water partition coefficient (Wildman–Crippen LogP) is 0.533. The zero-order chi connectivity index (χ0) is 13.8. The summed E-state index contributed by atoms with van der Waals surface area (Å²) in [5.41, 5.74) is 3.00. The van der Waals surface area contributed by atoms with Crippen LogP contribution in [0.4, 0.5) is 5.82 Å². The lowest BCUT2D eigenvalue weighted by Crippen LogP contribution is -2.50. The molecule has 1 aromatic rings. The third kappa shape index (κ3) is 3.02. The van der Waals surface area contributed by atoms with Gasteiger partial charge in [-0.1, -0.05) is 0 Å². The van der Waals surface area contributed by atoms with Crippen molar-refractivity contribution in [1.82, 2.24) is 14.8 Å². The summed E-state index contributed by atoms with van der Waals surface area (Å²) in [7, 11) is 0. The number of anilines is 1. The molecule has 0 atom stereocenters. The van der Waals surface area contributed by atoms with Gasteiger partial charge in [-0.25, -0.2) is 10.8 Å². The number of hydrazine groups is 1. The van der Waals surface area contributed by atoms with Gasteiger partial charge in [0, 0.05) is 38.4 Å². The quantitative estimate of drug-likeness (QED) is 0.615. The van der Waals surface area contributed by atoms with Gasteiger partial charge in [0.25, 0.3) is 5.91 Å². The fourth-order valence-electron chi connectivity index (χ4n) is 2.30. The van der Waals surface area contributed by atoms with E-state index in [2.05, 4.69) is 29.2 Å². The van der Waals surface area contributed by atoms with Gasteiger partial charge in [0.2, 0.25) is 0 Å². The number of amides is 1. The average Bonchev–Trinajstić information content (AvgIpc) is 2.46. The van der Waals surface area contributed by atoms with Crippen molar-refractivity contribution in [3.8, 4) is 0 Å². The Morgan fingerprint density at radius 2 is 2.05 bits per heavy atom. The molecule has 1 aliphatic rings. The molecule has 104 valence electrons. The Morgan fingerprint density at radius 1 is 1.37 bits per heavy atom. The highest BCUT2D eigenvalue weighted by molar-refractivity contribution is 5.98. The molecule has 3 N–H and O–H groups in total. The fourth-order valence-corrected chi connectivity index (χ4v) is 2.30. The van der Waals surface area contributed by atoms with Crippen molar-refractivity contribution >= 4 is 11.7 Å². The van der Waals surface area contributed by atoms with Gasteiger partial charge in [-0.15, -0.1) is 0 Å². The van der Waals surface area contributed by atoms with Crippen molar-refractivity contribution < 1.29 is 4.79 Å². The van der Waals surface area contributed by atoms with Crippen molar-refractivity contribution in [2.24, 2.45) is 5.84 Å².